The Kier molecular flexibility index (Phi) is 2.15. The maximum atomic E-state index is 11.4. The van der Waals surface area contributed by atoms with E-state index in [-0.39, 0.29) is 5.91 Å². The van der Waals surface area contributed by atoms with Crippen molar-refractivity contribution in [3.63, 3.8) is 0 Å². The minimum Gasteiger partial charge on any atom is -0.351 e. The van der Waals surface area contributed by atoms with Crippen LogP contribution in [0.2, 0.25) is 0 Å². The number of nitrogen functional groups attached to an aromatic ring is 1. The van der Waals surface area contributed by atoms with E-state index in [2.05, 4.69) is 15.7 Å². The second-order valence-electron chi connectivity index (χ2n) is 2.80. The van der Waals surface area contributed by atoms with Crippen molar-refractivity contribution in [1.82, 2.24) is 10.3 Å². The van der Waals surface area contributed by atoms with E-state index in [1.807, 2.05) is 0 Å². The standard InChI is InChI=1S/C7H10N4OS/c8-11-7-10-4-2-1-3-9-6(12)5(4)13-7/h1-3,8H2,(H,9,12)(H,10,11). The molecule has 4 N–H and O–H groups in total. The molecule has 0 saturated carbocycles. The summed E-state index contributed by atoms with van der Waals surface area (Å²) in [7, 11) is 0. The van der Waals surface area contributed by atoms with E-state index in [4.69, 9.17) is 5.84 Å². The fraction of sp³-hybridized carbons (Fsp3) is 0.429. The molecule has 1 aliphatic rings. The van der Waals surface area contributed by atoms with Gasteiger partial charge in [0.15, 0.2) is 5.13 Å². The van der Waals surface area contributed by atoms with Gasteiger partial charge in [-0.15, -0.1) is 0 Å². The third kappa shape index (κ3) is 1.50. The first kappa shape index (κ1) is 8.46. The molecular weight excluding hydrogens is 188 g/mol. The van der Waals surface area contributed by atoms with Gasteiger partial charge in [0.05, 0.1) is 5.69 Å². The molecule has 5 nitrogen and oxygen atoms in total. The second-order valence-corrected chi connectivity index (χ2v) is 3.80. The maximum Gasteiger partial charge on any atom is 0.263 e. The first-order chi connectivity index (χ1) is 6.31. The van der Waals surface area contributed by atoms with E-state index in [0.29, 0.717) is 10.0 Å². The predicted molar refractivity (Wildman–Crippen MR) is 50.6 cm³/mol. The molecular formula is C7H10N4OS. The molecule has 6 heteroatoms. The summed E-state index contributed by atoms with van der Waals surface area (Å²) >= 11 is 1.30. The lowest BCUT2D eigenvalue weighted by Gasteiger charge is -1.95. The van der Waals surface area contributed by atoms with E-state index in [0.717, 1.165) is 25.1 Å². The van der Waals surface area contributed by atoms with Crippen molar-refractivity contribution < 1.29 is 4.79 Å². The molecule has 1 aliphatic heterocycles. The fourth-order valence-corrected chi connectivity index (χ4v) is 2.14. The van der Waals surface area contributed by atoms with Crippen molar-refractivity contribution in [1.29, 1.82) is 0 Å². The van der Waals surface area contributed by atoms with Gasteiger partial charge in [-0.05, 0) is 12.8 Å². The number of carbonyl (C=O) groups excluding carboxylic acids is 1. The van der Waals surface area contributed by atoms with Crippen LogP contribution in [-0.2, 0) is 6.42 Å². The van der Waals surface area contributed by atoms with Gasteiger partial charge in [-0.1, -0.05) is 11.3 Å². The van der Waals surface area contributed by atoms with Crippen LogP contribution >= 0.6 is 11.3 Å². The lowest BCUT2D eigenvalue weighted by atomic mass is 10.2. The molecule has 2 rings (SSSR count). The summed E-state index contributed by atoms with van der Waals surface area (Å²) < 4.78 is 0. The fourth-order valence-electron chi connectivity index (χ4n) is 1.30. The largest absolute Gasteiger partial charge is 0.351 e. The highest BCUT2D eigenvalue weighted by Gasteiger charge is 2.19. The molecule has 2 heterocycles. The Bertz CT molecular complexity index is 335. The molecule has 70 valence electrons. The van der Waals surface area contributed by atoms with Crippen LogP contribution in [-0.4, -0.2) is 17.4 Å². The quantitative estimate of drug-likeness (QED) is 0.442. The molecule has 0 fully saturated rings. The summed E-state index contributed by atoms with van der Waals surface area (Å²) in [6.07, 6.45) is 1.78. The number of nitrogens with two attached hydrogens (primary N) is 1. The molecule has 13 heavy (non-hydrogen) atoms. The third-order valence-electron chi connectivity index (χ3n) is 1.90. The van der Waals surface area contributed by atoms with E-state index in [1.165, 1.54) is 11.3 Å². The lowest BCUT2D eigenvalue weighted by Crippen LogP contribution is -2.21. The van der Waals surface area contributed by atoms with E-state index >= 15 is 0 Å². The summed E-state index contributed by atoms with van der Waals surface area (Å²) in [5.41, 5.74) is 3.31. The van der Waals surface area contributed by atoms with E-state index in [1.54, 1.807) is 0 Å². The molecule has 0 bridgehead atoms. The second kappa shape index (κ2) is 3.31. The van der Waals surface area contributed by atoms with Gasteiger partial charge < -0.3 is 5.32 Å². The molecule has 0 aromatic carbocycles. The number of nitrogens with zero attached hydrogens (tertiary/aromatic N) is 1. The van der Waals surface area contributed by atoms with Gasteiger partial charge in [-0.25, -0.2) is 10.8 Å². The van der Waals surface area contributed by atoms with Crippen LogP contribution in [0.4, 0.5) is 5.13 Å². The maximum absolute atomic E-state index is 11.4. The van der Waals surface area contributed by atoms with Crippen LogP contribution in [0, 0.1) is 0 Å². The summed E-state index contributed by atoms with van der Waals surface area (Å²) in [4.78, 5) is 16.3. The van der Waals surface area contributed by atoms with Crippen LogP contribution in [0.15, 0.2) is 0 Å². The average Bonchev–Trinajstić information content (AvgIpc) is 2.48. The summed E-state index contributed by atoms with van der Waals surface area (Å²) in [6, 6.07) is 0. The van der Waals surface area contributed by atoms with E-state index < -0.39 is 0 Å². The van der Waals surface area contributed by atoms with Crippen LogP contribution in [0.3, 0.4) is 0 Å². The minimum atomic E-state index is -0.0356. The van der Waals surface area contributed by atoms with Gasteiger partial charge in [0.25, 0.3) is 5.91 Å². The van der Waals surface area contributed by atoms with Crippen molar-refractivity contribution in [2.45, 2.75) is 12.8 Å². The Hall–Kier alpha value is -1.14. The molecule has 1 amide bonds. The number of carbonyl (C=O) groups is 1. The topological polar surface area (TPSA) is 80.0 Å². The van der Waals surface area contributed by atoms with Crippen LogP contribution < -0.4 is 16.6 Å². The summed E-state index contributed by atoms with van der Waals surface area (Å²) in [5, 5.41) is 3.40. The Labute approximate surface area is 79.3 Å². The van der Waals surface area contributed by atoms with Gasteiger partial charge >= 0.3 is 0 Å². The normalized spacial score (nSPS) is 15.9. The van der Waals surface area contributed by atoms with Crippen molar-refractivity contribution in [3.05, 3.63) is 10.6 Å². The molecule has 0 aliphatic carbocycles. The lowest BCUT2D eigenvalue weighted by molar-refractivity contribution is 0.0960. The molecule has 0 radical (unpaired) electrons. The molecule has 0 saturated heterocycles. The molecule has 1 aromatic heterocycles. The number of hydrazine groups is 1. The predicted octanol–water partition coefficient (Wildman–Crippen LogP) is 0.105. The summed E-state index contributed by atoms with van der Waals surface area (Å²) in [6.45, 7) is 0.729. The minimum absolute atomic E-state index is 0.0356. The van der Waals surface area contributed by atoms with Crippen LogP contribution in [0.5, 0.6) is 0 Å². The van der Waals surface area contributed by atoms with Crippen molar-refractivity contribution in [2.75, 3.05) is 12.0 Å². The van der Waals surface area contributed by atoms with E-state index in [9.17, 15) is 4.79 Å². The number of aromatic nitrogens is 1. The van der Waals surface area contributed by atoms with Crippen molar-refractivity contribution in [3.8, 4) is 0 Å². The van der Waals surface area contributed by atoms with Crippen LogP contribution in [0.1, 0.15) is 21.8 Å². The Morgan fingerprint density at radius 1 is 1.62 bits per heavy atom. The molecule has 0 spiro atoms. The highest BCUT2D eigenvalue weighted by molar-refractivity contribution is 7.17. The first-order valence-corrected chi connectivity index (χ1v) is 4.87. The zero-order valence-corrected chi connectivity index (χ0v) is 7.78. The number of rotatable bonds is 1. The number of hydrogen-bond donors (Lipinski definition) is 3. The zero-order chi connectivity index (χ0) is 9.26. The highest BCUT2D eigenvalue weighted by atomic mass is 32.1. The van der Waals surface area contributed by atoms with Gasteiger partial charge in [-0.3, -0.25) is 10.2 Å². The number of hydrogen-bond acceptors (Lipinski definition) is 5. The highest BCUT2D eigenvalue weighted by Crippen LogP contribution is 2.24. The number of thiazole rings is 1. The van der Waals surface area contributed by atoms with Gasteiger partial charge in [0, 0.05) is 6.54 Å². The SMILES string of the molecule is NNc1nc2c(s1)C(=O)NCCC2. The molecule has 0 unspecified atom stereocenters. The average molecular weight is 198 g/mol. The number of amides is 1. The Morgan fingerprint density at radius 2 is 2.46 bits per heavy atom. The zero-order valence-electron chi connectivity index (χ0n) is 6.96. The van der Waals surface area contributed by atoms with Crippen molar-refractivity contribution >= 4 is 22.4 Å². The molecule has 1 aromatic rings. The number of nitrogens with one attached hydrogen (secondary N) is 2. The van der Waals surface area contributed by atoms with Crippen molar-refractivity contribution in [2.24, 2.45) is 5.84 Å². The smallest absolute Gasteiger partial charge is 0.263 e. The third-order valence-corrected chi connectivity index (χ3v) is 2.93. The Morgan fingerprint density at radius 3 is 3.23 bits per heavy atom. The Balaban J connectivity index is 2.39. The van der Waals surface area contributed by atoms with Gasteiger partial charge in [-0.2, -0.15) is 0 Å². The van der Waals surface area contributed by atoms with Gasteiger partial charge in [0.1, 0.15) is 4.88 Å². The van der Waals surface area contributed by atoms with Crippen LogP contribution in [0.25, 0.3) is 0 Å². The number of fused-ring (bicyclic) bond motifs is 1. The molecule has 0 atom stereocenters. The monoisotopic (exact) mass is 198 g/mol. The number of aryl methyl sites for hydroxylation is 1. The first-order valence-electron chi connectivity index (χ1n) is 4.06. The number of anilines is 1. The van der Waals surface area contributed by atoms with Gasteiger partial charge in [0.2, 0.25) is 0 Å². The summed E-state index contributed by atoms with van der Waals surface area (Å²) in [5.74, 6) is 5.18.